The molecule has 0 saturated carbocycles. The van der Waals surface area contributed by atoms with Crippen LogP contribution in [0.15, 0.2) is 0 Å². The minimum atomic E-state index is -3.36. The molecule has 0 aliphatic carbocycles. The van der Waals surface area contributed by atoms with E-state index in [0.29, 0.717) is 12.5 Å². The number of sulfone groups is 1. The number of hydrogen-bond donors (Lipinski definition) is 1. The highest BCUT2D eigenvalue weighted by Crippen LogP contribution is 2.19. The second-order valence-corrected chi connectivity index (χ2v) is 9.28. The van der Waals surface area contributed by atoms with Crippen LogP contribution in [0, 0.1) is 5.92 Å². The summed E-state index contributed by atoms with van der Waals surface area (Å²) in [5.74, 6) is 0.333. The van der Waals surface area contributed by atoms with Gasteiger partial charge in [-0.3, -0.25) is 0 Å². The van der Waals surface area contributed by atoms with Crippen LogP contribution in [0.3, 0.4) is 0 Å². The number of rotatable bonds is 6. The standard InChI is InChI=1S/C11H23NO4S2/c1-3-10(4-2)9-12-18(15,16)11-5-7-17(13,14)8-6-11/h10-12H,3-9H2,1-2H3. The Labute approximate surface area is 110 Å². The van der Waals surface area contributed by atoms with Crippen LogP contribution < -0.4 is 4.72 Å². The Kier molecular flexibility index (Phi) is 5.61. The molecule has 0 amide bonds. The lowest BCUT2D eigenvalue weighted by molar-refractivity contribution is 0.473. The first kappa shape index (κ1) is 15.9. The van der Waals surface area contributed by atoms with E-state index < -0.39 is 25.1 Å². The molecule has 0 atom stereocenters. The minimum Gasteiger partial charge on any atom is -0.229 e. The van der Waals surface area contributed by atoms with Gasteiger partial charge < -0.3 is 0 Å². The molecule has 108 valence electrons. The average Bonchev–Trinajstić information content (AvgIpc) is 2.29. The van der Waals surface area contributed by atoms with E-state index in [1.165, 1.54) is 0 Å². The molecular formula is C11H23NO4S2. The van der Waals surface area contributed by atoms with Crippen molar-refractivity contribution in [3.63, 3.8) is 0 Å². The van der Waals surface area contributed by atoms with Gasteiger partial charge in [-0.2, -0.15) is 0 Å². The van der Waals surface area contributed by atoms with Crippen molar-refractivity contribution >= 4 is 19.9 Å². The molecular weight excluding hydrogens is 274 g/mol. The highest BCUT2D eigenvalue weighted by Gasteiger charge is 2.32. The Morgan fingerprint density at radius 3 is 2.11 bits per heavy atom. The maximum absolute atomic E-state index is 12.0. The van der Waals surface area contributed by atoms with Gasteiger partial charge >= 0.3 is 0 Å². The summed E-state index contributed by atoms with van der Waals surface area (Å²) >= 11 is 0. The van der Waals surface area contributed by atoms with Crippen LogP contribution in [-0.2, 0) is 19.9 Å². The molecule has 0 aromatic heterocycles. The van der Waals surface area contributed by atoms with Crippen molar-refractivity contribution < 1.29 is 16.8 Å². The molecule has 1 aliphatic heterocycles. The largest absolute Gasteiger partial charge is 0.229 e. The highest BCUT2D eigenvalue weighted by atomic mass is 32.2. The summed E-state index contributed by atoms with van der Waals surface area (Å²) in [5, 5.41) is -0.546. The van der Waals surface area contributed by atoms with Gasteiger partial charge in [-0.05, 0) is 18.8 Å². The molecule has 18 heavy (non-hydrogen) atoms. The van der Waals surface area contributed by atoms with E-state index in [0.717, 1.165) is 12.8 Å². The molecule has 1 fully saturated rings. The van der Waals surface area contributed by atoms with Gasteiger partial charge in [0.15, 0.2) is 0 Å². The average molecular weight is 297 g/mol. The lowest BCUT2D eigenvalue weighted by Crippen LogP contribution is -2.41. The van der Waals surface area contributed by atoms with Crippen molar-refractivity contribution in [2.45, 2.75) is 44.8 Å². The van der Waals surface area contributed by atoms with Crippen LogP contribution in [-0.4, -0.2) is 40.1 Å². The molecule has 1 aliphatic rings. The Balaban J connectivity index is 2.55. The normalized spacial score (nSPS) is 21.3. The van der Waals surface area contributed by atoms with E-state index in [2.05, 4.69) is 4.72 Å². The van der Waals surface area contributed by atoms with Crippen molar-refractivity contribution in [1.82, 2.24) is 4.72 Å². The third kappa shape index (κ3) is 4.51. The van der Waals surface area contributed by atoms with E-state index in [-0.39, 0.29) is 24.3 Å². The quantitative estimate of drug-likeness (QED) is 0.790. The molecule has 0 spiro atoms. The third-order valence-electron chi connectivity index (χ3n) is 3.67. The molecule has 5 nitrogen and oxygen atoms in total. The summed E-state index contributed by atoms with van der Waals surface area (Å²) in [6, 6.07) is 0. The van der Waals surface area contributed by atoms with Crippen LogP contribution >= 0.6 is 0 Å². The van der Waals surface area contributed by atoms with E-state index >= 15 is 0 Å². The molecule has 7 heteroatoms. The SMILES string of the molecule is CCC(CC)CNS(=O)(=O)C1CCS(=O)(=O)CC1. The van der Waals surface area contributed by atoms with Gasteiger partial charge in [-0.25, -0.2) is 21.6 Å². The first-order valence-electron chi connectivity index (χ1n) is 6.49. The maximum atomic E-state index is 12.0. The number of nitrogens with one attached hydrogen (secondary N) is 1. The van der Waals surface area contributed by atoms with E-state index in [9.17, 15) is 16.8 Å². The minimum absolute atomic E-state index is 0.0104. The zero-order valence-corrected chi connectivity index (χ0v) is 12.7. The van der Waals surface area contributed by atoms with E-state index in [1.54, 1.807) is 0 Å². The van der Waals surface area contributed by atoms with Crippen molar-refractivity contribution in [2.75, 3.05) is 18.1 Å². The van der Waals surface area contributed by atoms with Crippen molar-refractivity contribution in [1.29, 1.82) is 0 Å². The lowest BCUT2D eigenvalue weighted by Gasteiger charge is -2.23. The fourth-order valence-corrected chi connectivity index (χ4v) is 5.46. The predicted molar refractivity (Wildman–Crippen MR) is 72.7 cm³/mol. The monoisotopic (exact) mass is 297 g/mol. The van der Waals surface area contributed by atoms with Crippen molar-refractivity contribution in [3.8, 4) is 0 Å². The van der Waals surface area contributed by atoms with Gasteiger partial charge in [0.1, 0.15) is 9.84 Å². The fourth-order valence-electron chi connectivity index (χ4n) is 2.11. The first-order valence-corrected chi connectivity index (χ1v) is 9.86. The van der Waals surface area contributed by atoms with Gasteiger partial charge in [0.05, 0.1) is 16.8 Å². The van der Waals surface area contributed by atoms with E-state index in [4.69, 9.17) is 0 Å². The molecule has 0 aromatic carbocycles. The van der Waals surface area contributed by atoms with Gasteiger partial charge in [0.2, 0.25) is 10.0 Å². The lowest BCUT2D eigenvalue weighted by atomic mass is 10.0. The molecule has 1 rings (SSSR count). The summed E-state index contributed by atoms with van der Waals surface area (Å²) in [4.78, 5) is 0. The third-order valence-corrected chi connectivity index (χ3v) is 7.30. The van der Waals surface area contributed by atoms with Crippen LogP contribution in [0.25, 0.3) is 0 Å². The first-order chi connectivity index (χ1) is 8.30. The second-order valence-electron chi connectivity index (χ2n) is 4.93. The number of sulfonamides is 1. The highest BCUT2D eigenvalue weighted by molar-refractivity contribution is 7.92. The molecule has 1 heterocycles. The Bertz CT molecular complexity index is 437. The second kappa shape index (κ2) is 6.34. The molecule has 0 radical (unpaired) electrons. The molecule has 0 aromatic rings. The van der Waals surface area contributed by atoms with Gasteiger partial charge in [-0.1, -0.05) is 26.7 Å². The van der Waals surface area contributed by atoms with Crippen LogP contribution in [0.5, 0.6) is 0 Å². The Hall–Kier alpha value is -0.140. The van der Waals surface area contributed by atoms with Gasteiger partial charge in [0.25, 0.3) is 0 Å². The van der Waals surface area contributed by atoms with Gasteiger partial charge in [0, 0.05) is 6.54 Å². The molecule has 0 unspecified atom stereocenters. The van der Waals surface area contributed by atoms with Gasteiger partial charge in [-0.15, -0.1) is 0 Å². The summed E-state index contributed by atoms with van der Waals surface area (Å²) in [6.07, 6.45) is 2.33. The molecule has 1 saturated heterocycles. The smallest absolute Gasteiger partial charge is 0.214 e. The predicted octanol–water partition coefficient (Wildman–Crippen LogP) is 0.919. The fraction of sp³-hybridized carbons (Fsp3) is 1.00. The number of hydrogen-bond acceptors (Lipinski definition) is 4. The van der Waals surface area contributed by atoms with Crippen molar-refractivity contribution in [2.24, 2.45) is 5.92 Å². The summed E-state index contributed by atoms with van der Waals surface area (Å²) in [7, 11) is -6.37. The van der Waals surface area contributed by atoms with Crippen LogP contribution in [0.4, 0.5) is 0 Å². The summed E-state index contributed by atoms with van der Waals surface area (Å²) < 4.78 is 49.2. The molecule has 0 bridgehead atoms. The summed E-state index contributed by atoms with van der Waals surface area (Å²) in [6.45, 7) is 4.53. The van der Waals surface area contributed by atoms with E-state index in [1.807, 2.05) is 13.8 Å². The van der Waals surface area contributed by atoms with Crippen molar-refractivity contribution in [3.05, 3.63) is 0 Å². The molecule has 1 N–H and O–H groups in total. The zero-order chi connectivity index (χ0) is 13.8. The zero-order valence-electron chi connectivity index (χ0n) is 11.1. The Morgan fingerprint density at radius 1 is 1.17 bits per heavy atom. The maximum Gasteiger partial charge on any atom is 0.214 e. The van der Waals surface area contributed by atoms with Crippen LogP contribution in [0.2, 0.25) is 0 Å². The topological polar surface area (TPSA) is 80.3 Å². The van der Waals surface area contributed by atoms with Crippen LogP contribution in [0.1, 0.15) is 39.5 Å². The summed E-state index contributed by atoms with van der Waals surface area (Å²) in [5.41, 5.74) is 0. The Morgan fingerprint density at radius 2 is 1.67 bits per heavy atom.